The van der Waals surface area contributed by atoms with Gasteiger partial charge in [0, 0.05) is 69.6 Å². The second kappa shape index (κ2) is 11.9. The van der Waals surface area contributed by atoms with Gasteiger partial charge in [0.1, 0.15) is 29.7 Å². The molecule has 10 nitrogen and oxygen atoms in total. The first-order chi connectivity index (χ1) is 21.9. The minimum absolute atomic E-state index is 0.0133. The van der Waals surface area contributed by atoms with Crippen LogP contribution in [-0.4, -0.2) is 81.2 Å². The highest BCUT2D eigenvalue weighted by molar-refractivity contribution is 6.03. The maximum atomic E-state index is 13.4. The van der Waals surface area contributed by atoms with E-state index in [2.05, 4.69) is 26.8 Å². The van der Waals surface area contributed by atoms with Gasteiger partial charge in [-0.05, 0) is 47.9 Å². The molecular weight excluding hydrogens is 573 g/mol. The molecule has 1 saturated carbocycles. The van der Waals surface area contributed by atoms with Crippen molar-refractivity contribution in [3.63, 3.8) is 0 Å². The molecule has 3 fully saturated rings. The maximum Gasteiger partial charge on any atom is 0.246 e. The van der Waals surface area contributed by atoms with E-state index in [1.165, 1.54) is 6.33 Å². The molecule has 1 aliphatic carbocycles. The lowest BCUT2D eigenvalue weighted by Gasteiger charge is -2.17. The highest BCUT2D eigenvalue weighted by Gasteiger charge is 2.55. The van der Waals surface area contributed by atoms with Crippen molar-refractivity contribution in [2.75, 3.05) is 45.6 Å². The zero-order valence-electron chi connectivity index (χ0n) is 25.2. The van der Waals surface area contributed by atoms with Crippen LogP contribution in [0.1, 0.15) is 12.1 Å². The zero-order chi connectivity index (χ0) is 31.1. The lowest BCUT2D eigenvalue weighted by atomic mass is 10.0. The van der Waals surface area contributed by atoms with Gasteiger partial charge in [-0.15, -0.1) is 0 Å². The number of pyridine rings is 1. The summed E-state index contributed by atoms with van der Waals surface area (Å²) in [4.78, 5) is 29.7. The zero-order valence-corrected chi connectivity index (χ0v) is 25.2. The molecule has 45 heavy (non-hydrogen) atoms. The van der Waals surface area contributed by atoms with Crippen LogP contribution in [0.25, 0.3) is 22.2 Å². The summed E-state index contributed by atoms with van der Waals surface area (Å²) in [6.07, 6.45) is 6.42. The summed E-state index contributed by atoms with van der Waals surface area (Å²) >= 11 is 0. The van der Waals surface area contributed by atoms with E-state index in [9.17, 15) is 9.18 Å². The van der Waals surface area contributed by atoms with Crippen LogP contribution in [0.5, 0.6) is 17.4 Å². The van der Waals surface area contributed by atoms with E-state index in [-0.39, 0.29) is 11.8 Å². The Hall–Kier alpha value is -4.95. The molecule has 1 unspecified atom stereocenters. The summed E-state index contributed by atoms with van der Waals surface area (Å²) in [6, 6.07) is 11.1. The summed E-state index contributed by atoms with van der Waals surface area (Å²) < 4.78 is 27.0. The largest absolute Gasteiger partial charge is 0.493 e. The lowest BCUT2D eigenvalue weighted by molar-refractivity contribution is -0.125. The number of hydrogen-bond donors (Lipinski definition) is 1. The van der Waals surface area contributed by atoms with Gasteiger partial charge in [0.05, 0.1) is 12.5 Å². The third-order valence-corrected chi connectivity index (χ3v) is 9.00. The number of hydrogen-bond acceptors (Lipinski definition) is 8. The van der Waals surface area contributed by atoms with Crippen LogP contribution in [0.3, 0.4) is 0 Å². The van der Waals surface area contributed by atoms with Gasteiger partial charge in [0.15, 0.2) is 11.5 Å². The number of anilines is 1. The number of aromatic nitrogens is 4. The van der Waals surface area contributed by atoms with E-state index in [1.807, 2.05) is 57.8 Å². The molecule has 2 saturated heterocycles. The van der Waals surface area contributed by atoms with Crippen molar-refractivity contribution in [2.45, 2.75) is 12.6 Å². The Morgan fingerprint density at radius 3 is 2.71 bits per heavy atom. The standard InChI is InChI=1S/C34H34FN7O3/c1-40-26(10-9-23-24-18-42(19-25(23)24)30(43)7-5-14-41-15-12-22(35)17-41)31(32-33(36)38-20-39-34(32)40)21-8-11-27(28(16-21)44-2)45-29-6-3-4-13-37-29/h3-8,11,13,16,20,22-25H,12,14-15,17-19H2,1-2H3,(H2,36,38,39)/b7-5+/t22?,23-,24-,25+. The topological polar surface area (TPSA) is 112 Å². The van der Waals surface area contributed by atoms with Crippen molar-refractivity contribution in [2.24, 2.45) is 24.8 Å². The van der Waals surface area contributed by atoms with E-state index in [1.54, 1.807) is 25.4 Å². The number of benzene rings is 1. The number of carbonyl (C=O) groups is 1. The molecule has 2 aliphatic heterocycles. The van der Waals surface area contributed by atoms with Crippen molar-refractivity contribution in [3.8, 4) is 40.3 Å². The van der Waals surface area contributed by atoms with Crippen LogP contribution >= 0.6 is 0 Å². The molecule has 1 aromatic carbocycles. The highest BCUT2D eigenvalue weighted by atomic mass is 19.1. The number of halogens is 1. The smallest absolute Gasteiger partial charge is 0.246 e. The van der Waals surface area contributed by atoms with Crippen LogP contribution < -0.4 is 15.2 Å². The summed E-state index contributed by atoms with van der Waals surface area (Å²) in [5, 5.41) is 0.722. The molecule has 230 valence electrons. The molecule has 4 aromatic rings. The minimum atomic E-state index is -0.756. The minimum Gasteiger partial charge on any atom is -0.493 e. The summed E-state index contributed by atoms with van der Waals surface area (Å²) in [5.74, 6) is 9.77. The van der Waals surface area contributed by atoms with Gasteiger partial charge in [-0.3, -0.25) is 9.69 Å². The normalized spacial score (nSPS) is 22.4. The Labute approximate surface area is 260 Å². The van der Waals surface area contributed by atoms with E-state index >= 15 is 0 Å². The number of alkyl halides is 1. The summed E-state index contributed by atoms with van der Waals surface area (Å²) in [6.45, 7) is 3.18. The molecule has 4 atom stereocenters. The first-order valence-corrected chi connectivity index (χ1v) is 15.1. The Bertz CT molecular complexity index is 1840. The molecule has 0 radical (unpaired) electrons. The monoisotopic (exact) mass is 607 g/mol. The van der Waals surface area contributed by atoms with E-state index in [4.69, 9.17) is 15.2 Å². The number of carbonyl (C=O) groups excluding carboxylic acids is 1. The molecule has 3 aromatic heterocycles. The fourth-order valence-electron chi connectivity index (χ4n) is 6.56. The Morgan fingerprint density at radius 1 is 1.13 bits per heavy atom. The number of likely N-dealkylation sites (tertiary alicyclic amines) is 2. The molecule has 7 rings (SSSR count). The molecule has 2 N–H and O–H groups in total. The predicted octanol–water partition coefficient (Wildman–Crippen LogP) is 4.07. The van der Waals surface area contributed by atoms with E-state index in [0.29, 0.717) is 73.3 Å². The third-order valence-electron chi connectivity index (χ3n) is 9.00. The fraction of sp³-hybridized carbons (Fsp3) is 0.353. The van der Waals surface area contributed by atoms with Gasteiger partial charge in [-0.2, -0.15) is 0 Å². The van der Waals surface area contributed by atoms with Gasteiger partial charge in [-0.1, -0.05) is 24.1 Å². The number of ether oxygens (including phenoxy) is 2. The number of nitrogens with two attached hydrogens (primary N) is 1. The first-order valence-electron chi connectivity index (χ1n) is 15.1. The maximum absolute atomic E-state index is 13.4. The highest BCUT2D eigenvalue weighted by Crippen LogP contribution is 2.51. The number of methoxy groups -OCH3 is 1. The second-order valence-corrected chi connectivity index (χ2v) is 11.8. The van der Waals surface area contributed by atoms with Crippen LogP contribution in [0, 0.1) is 29.6 Å². The number of nitrogens with zero attached hydrogens (tertiary/aromatic N) is 6. The van der Waals surface area contributed by atoms with Crippen LogP contribution in [0.15, 0.2) is 61.1 Å². The van der Waals surface area contributed by atoms with Crippen molar-refractivity contribution in [1.82, 2.24) is 29.3 Å². The molecule has 3 aliphatic rings. The first kappa shape index (κ1) is 28.8. The van der Waals surface area contributed by atoms with Crippen molar-refractivity contribution >= 4 is 22.8 Å². The Balaban J connectivity index is 1.11. The van der Waals surface area contributed by atoms with Crippen molar-refractivity contribution in [3.05, 3.63) is 66.8 Å². The van der Waals surface area contributed by atoms with Gasteiger partial charge in [0.2, 0.25) is 11.8 Å². The van der Waals surface area contributed by atoms with Crippen molar-refractivity contribution < 1.29 is 18.7 Å². The van der Waals surface area contributed by atoms with Crippen LogP contribution in [0.4, 0.5) is 10.2 Å². The lowest BCUT2D eigenvalue weighted by Crippen LogP contribution is -2.30. The van der Waals surface area contributed by atoms with Crippen LogP contribution in [-0.2, 0) is 11.8 Å². The summed E-state index contributed by atoms with van der Waals surface area (Å²) in [5.41, 5.74) is 9.53. The number of piperidine rings is 1. The SMILES string of the molecule is COc1cc(-c2c(C#C[C@@H]3[C@H]4CN(C(=O)/C=C/CN5CCC(F)C5)C[C@@H]34)n(C)c3ncnc(N)c23)ccc1Oc1ccccn1. The number of amides is 1. The van der Waals surface area contributed by atoms with Gasteiger partial charge < -0.3 is 24.7 Å². The molecule has 11 heteroatoms. The third kappa shape index (κ3) is 5.58. The number of rotatable bonds is 7. The van der Waals surface area contributed by atoms with E-state index in [0.717, 1.165) is 28.8 Å². The molecular formula is C34H34FN7O3. The fourth-order valence-corrected chi connectivity index (χ4v) is 6.56. The molecule has 0 bridgehead atoms. The molecule has 5 heterocycles. The van der Waals surface area contributed by atoms with Gasteiger partial charge in [-0.25, -0.2) is 19.3 Å². The average Bonchev–Trinajstić information content (AvgIpc) is 3.37. The number of fused-ring (bicyclic) bond motifs is 2. The predicted molar refractivity (Wildman–Crippen MR) is 168 cm³/mol. The Morgan fingerprint density at radius 2 is 1.98 bits per heavy atom. The van der Waals surface area contributed by atoms with Gasteiger partial charge in [0.25, 0.3) is 0 Å². The van der Waals surface area contributed by atoms with Gasteiger partial charge >= 0.3 is 0 Å². The quantitative estimate of drug-likeness (QED) is 0.247. The Kier molecular flexibility index (Phi) is 7.59. The molecule has 0 spiro atoms. The average molecular weight is 608 g/mol. The van der Waals surface area contributed by atoms with Crippen molar-refractivity contribution in [1.29, 1.82) is 0 Å². The van der Waals surface area contributed by atoms with E-state index < -0.39 is 6.17 Å². The number of aryl methyl sites for hydroxylation is 1. The number of nitrogen functional groups attached to an aromatic ring is 1. The molecule has 1 amide bonds. The van der Waals surface area contributed by atoms with Crippen LogP contribution in [0.2, 0.25) is 0 Å². The second-order valence-electron chi connectivity index (χ2n) is 11.8. The summed E-state index contributed by atoms with van der Waals surface area (Å²) in [7, 11) is 3.52.